The highest BCUT2D eigenvalue weighted by atomic mass is 32.2. The molecule has 0 atom stereocenters. The quantitative estimate of drug-likeness (QED) is 0.321. The molecular formula is C29H25F3N10O2S. The van der Waals surface area contributed by atoms with Gasteiger partial charge in [0.1, 0.15) is 5.82 Å². The summed E-state index contributed by atoms with van der Waals surface area (Å²) in [7, 11) is 3.04. The molecule has 7 rings (SSSR count). The van der Waals surface area contributed by atoms with Crippen LogP contribution in [0.15, 0.2) is 86.5 Å². The highest BCUT2D eigenvalue weighted by molar-refractivity contribution is 8.03. The molecule has 230 valence electrons. The fraction of sp³-hybridized carbons (Fsp3) is 0.241. The van der Waals surface area contributed by atoms with Crippen LogP contribution in [0.2, 0.25) is 0 Å². The normalized spacial score (nSPS) is 19.5. The lowest BCUT2D eigenvalue weighted by molar-refractivity contribution is -0.141. The van der Waals surface area contributed by atoms with Crippen molar-refractivity contribution in [1.82, 2.24) is 35.4 Å². The zero-order valence-electron chi connectivity index (χ0n) is 23.9. The number of aliphatic imine (C=N–C) groups is 2. The van der Waals surface area contributed by atoms with E-state index in [1.165, 1.54) is 25.0 Å². The molecule has 0 unspecified atom stereocenters. The van der Waals surface area contributed by atoms with Crippen molar-refractivity contribution in [3.05, 3.63) is 88.2 Å². The number of anilines is 1. The summed E-state index contributed by atoms with van der Waals surface area (Å²) in [4.78, 5) is 34.3. The molecule has 0 spiro atoms. The smallest absolute Gasteiger partial charge is 0.359 e. The lowest BCUT2D eigenvalue weighted by Gasteiger charge is -2.41. The average Bonchev–Trinajstić information content (AvgIpc) is 3.57. The van der Waals surface area contributed by atoms with E-state index in [2.05, 4.69) is 20.7 Å². The summed E-state index contributed by atoms with van der Waals surface area (Å²) < 4.78 is 41.0. The predicted octanol–water partition coefficient (Wildman–Crippen LogP) is 3.73. The van der Waals surface area contributed by atoms with Gasteiger partial charge in [0.05, 0.1) is 33.9 Å². The number of hydrogen-bond donors (Lipinski definition) is 3. The molecule has 45 heavy (non-hydrogen) atoms. The van der Waals surface area contributed by atoms with Gasteiger partial charge in [0.15, 0.2) is 16.7 Å². The van der Waals surface area contributed by atoms with Crippen molar-refractivity contribution in [3.8, 4) is 0 Å². The van der Waals surface area contributed by atoms with Gasteiger partial charge in [-0.15, -0.1) is 0 Å². The minimum absolute atomic E-state index is 0.0217. The van der Waals surface area contributed by atoms with Gasteiger partial charge >= 0.3 is 6.18 Å². The number of nitrogens with one attached hydrogen (secondary N) is 2. The molecule has 12 nitrogen and oxygen atoms in total. The van der Waals surface area contributed by atoms with Crippen LogP contribution < -0.4 is 15.5 Å². The van der Waals surface area contributed by atoms with E-state index in [0.29, 0.717) is 41.3 Å². The summed E-state index contributed by atoms with van der Waals surface area (Å²) in [6.45, 7) is 1.20. The molecule has 1 fully saturated rings. The molecule has 4 aliphatic heterocycles. The fourth-order valence-electron chi connectivity index (χ4n) is 5.48. The van der Waals surface area contributed by atoms with Gasteiger partial charge in [0.25, 0.3) is 5.91 Å². The Kier molecular flexibility index (Phi) is 6.96. The van der Waals surface area contributed by atoms with E-state index in [9.17, 15) is 23.2 Å². The Labute approximate surface area is 258 Å². The van der Waals surface area contributed by atoms with Crippen LogP contribution in [0.25, 0.3) is 5.57 Å². The van der Waals surface area contributed by atoms with Gasteiger partial charge in [0, 0.05) is 68.7 Å². The maximum Gasteiger partial charge on any atom is 0.435 e. The summed E-state index contributed by atoms with van der Waals surface area (Å²) in [6, 6.07) is 0. The Morgan fingerprint density at radius 3 is 2.84 bits per heavy atom. The second-order valence-electron chi connectivity index (χ2n) is 10.7. The molecule has 2 aromatic rings. The molecule has 1 aliphatic carbocycles. The highest BCUT2D eigenvalue weighted by Crippen LogP contribution is 2.44. The first kappa shape index (κ1) is 28.8. The molecule has 1 saturated heterocycles. The van der Waals surface area contributed by atoms with Crippen LogP contribution >= 0.6 is 11.8 Å². The van der Waals surface area contributed by atoms with Crippen molar-refractivity contribution < 1.29 is 23.2 Å². The van der Waals surface area contributed by atoms with Crippen LogP contribution in [-0.4, -0.2) is 74.0 Å². The lowest BCUT2D eigenvalue weighted by Crippen LogP contribution is -2.52. The van der Waals surface area contributed by atoms with Crippen molar-refractivity contribution in [2.45, 2.75) is 11.3 Å². The first-order valence-electron chi connectivity index (χ1n) is 13.8. The van der Waals surface area contributed by atoms with Crippen LogP contribution in [0.1, 0.15) is 21.6 Å². The van der Waals surface area contributed by atoms with Crippen molar-refractivity contribution in [2.75, 3.05) is 31.6 Å². The second kappa shape index (κ2) is 10.9. The summed E-state index contributed by atoms with van der Waals surface area (Å²) >= 11 is 1.31. The number of nitrogens with zero attached hydrogens (tertiary/aromatic N) is 8. The molecule has 16 heteroatoms. The van der Waals surface area contributed by atoms with E-state index in [-0.39, 0.29) is 12.5 Å². The molecule has 0 bridgehead atoms. The number of hydroxylamine groups is 2. The van der Waals surface area contributed by atoms with Crippen LogP contribution in [0.5, 0.6) is 0 Å². The third kappa shape index (κ3) is 5.25. The SMILES string of the molecule is CN=C1C=CC=C2C1=Nc1nc(SC3=CNC4=CC=CN(O)C4=C3)nc(N3CC(CNC(=O)c4cn(C)nc4C(F)(F)F)C3)c12. The number of alkyl halides is 3. The Bertz CT molecular complexity index is 1880. The predicted molar refractivity (Wildman–Crippen MR) is 162 cm³/mol. The van der Waals surface area contributed by atoms with Gasteiger partial charge in [-0.2, -0.15) is 18.3 Å². The number of carbonyl (C=O) groups is 1. The van der Waals surface area contributed by atoms with E-state index in [1.54, 1.807) is 19.3 Å². The van der Waals surface area contributed by atoms with Crippen molar-refractivity contribution >= 4 is 46.3 Å². The van der Waals surface area contributed by atoms with Crippen molar-refractivity contribution in [1.29, 1.82) is 0 Å². The second-order valence-corrected chi connectivity index (χ2v) is 11.7. The number of hydrogen-bond acceptors (Lipinski definition) is 11. The first-order valence-corrected chi connectivity index (χ1v) is 14.6. The van der Waals surface area contributed by atoms with Gasteiger partial charge in [-0.25, -0.2) is 20.0 Å². The van der Waals surface area contributed by atoms with Gasteiger partial charge in [-0.3, -0.25) is 19.7 Å². The number of rotatable bonds is 6. The summed E-state index contributed by atoms with van der Waals surface area (Å²) in [6.07, 6.45) is 10.8. The van der Waals surface area contributed by atoms with E-state index in [1.807, 2.05) is 35.3 Å². The fourth-order valence-corrected chi connectivity index (χ4v) is 6.25. The summed E-state index contributed by atoms with van der Waals surface area (Å²) in [5, 5.41) is 20.9. The maximum absolute atomic E-state index is 13.4. The number of aryl methyl sites for hydroxylation is 1. The van der Waals surface area contributed by atoms with E-state index in [4.69, 9.17) is 15.0 Å². The third-order valence-electron chi connectivity index (χ3n) is 7.61. The maximum atomic E-state index is 13.4. The zero-order chi connectivity index (χ0) is 31.5. The van der Waals surface area contributed by atoms with Gasteiger partial charge < -0.3 is 15.5 Å². The topological polar surface area (TPSA) is 136 Å². The molecule has 1 amide bonds. The number of amides is 1. The molecule has 0 saturated carbocycles. The number of aromatic nitrogens is 4. The number of dihydropyridines is 1. The van der Waals surface area contributed by atoms with Gasteiger partial charge in [0.2, 0.25) is 0 Å². The molecule has 3 N–H and O–H groups in total. The highest BCUT2D eigenvalue weighted by Gasteiger charge is 2.40. The van der Waals surface area contributed by atoms with Gasteiger partial charge in [-0.05, 0) is 36.1 Å². The molecule has 0 radical (unpaired) electrons. The minimum Gasteiger partial charge on any atom is -0.359 e. The van der Waals surface area contributed by atoms with E-state index >= 15 is 0 Å². The van der Waals surface area contributed by atoms with E-state index in [0.717, 1.165) is 43.4 Å². The Balaban J connectivity index is 1.12. The van der Waals surface area contributed by atoms with Crippen molar-refractivity contribution in [2.24, 2.45) is 23.0 Å². The van der Waals surface area contributed by atoms with Crippen LogP contribution in [0, 0.1) is 5.92 Å². The Morgan fingerprint density at radius 2 is 2.07 bits per heavy atom. The number of fused-ring (bicyclic) bond motifs is 4. The van der Waals surface area contributed by atoms with Gasteiger partial charge in [-0.1, -0.05) is 12.2 Å². The lowest BCUT2D eigenvalue weighted by atomic mass is 9.94. The molecule has 6 heterocycles. The van der Waals surface area contributed by atoms with E-state index < -0.39 is 23.3 Å². The van der Waals surface area contributed by atoms with Crippen LogP contribution in [-0.2, 0) is 13.2 Å². The zero-order valence-corrected chi connectivity index (χ0v) is 24.7. The van der Waals surface area contributed by atoms with Crippen molar-refractivity contribution in [3.63, 3.8) is 0 Å². The Morgan fingerprint density at radius 1 is 1.24 bits per heavy atom. The summed E-state index contributed by atoms with van der Waals surface area (Å²) in [5.41, 5.74) is 2.66. The molecular weight excluding hydrogens is 609 g/mol. The largest absolute Gasteiger partial charge is 0.435 e. The number of allylic oxidation sites excluding steroid dienone is 7. The number of carbonyl (C=O) groups excluding carboxylic acids is 1. The average molecular weight is 635 g/mol. The molecule has 2 aromatic heterocycles. The molecule has 5 aliphatic rings. The summed E-state index contributed by atoms with van der Waals surface area (Å²) in [5.74, 6) is 0.319. The third-order valence-corrected chi connectivity index (χ3v) is 8.45. The standard InChI is InChI=1S/C29H25F3N10O2S/c1-33-20-6-3-5-17-22-25(36-23(17)20)37-28(45-16-9-21-19(34-11-16)7-4-8-42(21)44)38-26(22)41-12-15(13-41)10-35-27(43)18-14-40(2)39-24(18)29(30,31)32/h3-9,11,14-15,34,44H,10,12-13H2,1-2H3,(H,35,43). The molecule has 0 aromatic carbocycles. The monoisotopic (exact) mass is 634 g/mol. The van der Waals surface area contributed by atoms with Crippen LogP contribution in [0.3, 0.4) is 0 Å². The number of thioether (sulfide) groups is 1. The Hall–Kier alpha value is -4.96. The minimum atomic E-state index is -4.74. The number of halogens is 3. The first-order chi connectivity index (χ1) is 21.6. The van der Waals surface area contributed by atoms with Crippen LogP contribution in [0.4, 0.5) is 24.8 Å².